The summed E-state index contributed by atoms with van der Waals surface area (Å²) in [5.74, 6) is -2.46. The van der Waals surface area contributed by atoms with Gasteiger partial charge in [-0.15, -0.1) is 11.3 Å². The van der Waals surface area contributed by atoms with Gasteiger partial charge in [0.2, 0.25) is 17.7 Å². The van der Waals surface area contributed by atoms with Crippen molar-refractivity contribution in [1.29, 1.82) is 0 Å². The van der Waals surface area contributed by atoms with Crippen molar-refractivity contribution in [3.63, 3.8) is 0 Å². The monoisotopic (exact) mass is 789 g/mol. The van der Waals surface area contributed by atoms with Gasteiger partial charge in [0.05, 0.1) is 23.7 Å². The molecule has 1 aromatic heterocycles. The van der Waals surface area contributed by atoms with Gasteiger partial charge >= 0.3 is 0 Å². The first-order valence-electron chi connectivity index (χ1n) is 19.5. The molecule has 3 aromatic carbocycles. The predicted molar refractivity (Wildman–Crippen MR) is 219 cm³/mol. The summed E-state index contributed by atoms with van der Waals surface area (Å²) < 4.78 is 0. The summed E-state index contributed by atoms with van der Waals surface area (Å²) in [5, 5.41) is 18.5. The summed E-state index contributed by atoms with van der Waals surface area (Å²) in [5.41, 5.74) is 5.39. The number of rotatable bonds is 14. The molecule has 6 amide bonds. The van der Waals surface area contributed by atoms with Gasteiger partial charge in [0.25, 0.3) is 17.7 Å². The van der Waals surface area contributed by atoms with Crippen LogP contribution in [0.3, 0.4) is 0 Å². The maximum Gasteiger partial charge on any atom is 0.264 e. The normalized spacial score (nSPS) is 17.5. The molecule has 4 heterocycles. The predicted octanol–water partition coefficient (Wildman–Crippen LogP) is 5.29. The number of thiophene rings is 1. The number of nitrogens with zero attached hydrogens (tertiary/aromatic N) is 1. The van der Waals surface area contributed by atoms with E-state index in [-0.39, 0.29) is 48.2 Å². The lowest BCUT2D eigenvalue weighted by Crippen LogP contribution is -2.54. The van der Waals surface area contributed by atoms with Gasteiger partial charge in [-0.25, -0.2) is 0 Å². The Labute approximate surface area is 335 Å². The van der Waals surface area contributed by atoms with Crippen molar-refractivity contribution in [3.8, 4) is 10.4 Å². The van der Waals surface area contributed by atoms with E-state index in [1.54, 1.807) is 29.5 Å². The van der Waals surface area contributed by atoms with Crippen molar-refractivity contribution in [2.75, 3.05) is 30.3 Å². The van der Waals surface area contributed by atoms with Crippen LogP contribution in [-0.4, -0.2) is 72.1 Å². The van der Waals surface area contributed by atoms with E-state index in [2.05, 4.69) is 38.0 Å². The third-order valence-electron chi connectivity index (χ3n) is 10.7. The van der Waals surface area contributed by atoms with Crippen molar-refractivity contribution in [2.45, 2.75) is 77.0 Å². The van der Waals surface area contributed by atoms with Gasteiger partial charge in [-0.2, -0.15) is 0 Å². The van der Waals surface area contributed by atoms with Crippen molar-refractivity contribution in [3.05, 3.63) is 105 Å². The Morgan fingerprint density at radius 1 is 0.930 bits per heavy atom. The number of fused-ring (bicyclic) bond motifs is 1. The second-order valence-corrected chi connectivity index (χ2v) is 15.9. The van der Waals surface area contributed by atoms with E-state index in [0.29, 0.717) is 36.8 Å². The Morgan fingerprint density at radius 3 is 2.54 bits per heavy atom. The van der Waals surface area contributed by atoms with Gasteiger partial charge in [0, 0.05) is 52.1 Å². The van der Waals surface area contributed by atoms with Gasteiger partial charge in [-0.05, 0) is 112 Å². The first kappa shape index (κ1) is 39.4. The summed E-state index contributed by atoms with van der Waals surface area (Å²) in [6, 6.07) is 22.2. The van der Waals surface area contributed by atoms with Crippen LogP contribution in [0, 0.1) is 6.92 Å². The highest BCUT2D eigenvalue weighted by atomic mass is 32.1. The minimum atomic E-state index is -1.04. The second kappa shape index (κ2) is 17.5. The number of imide groups is 2. The quantitative estimate of drug-likeness (QED) is 0.0732. The molecule has 57 heavy (non-hydrogen) atoms. The maximum absolute atomic E-state index is 13.4. The van der Waals surface area contributed by atoms with E-state index < -0.39 is 29.7 Å². The number of carbonyl (C=O) groups is 6. The van der Waals surface area contributed by atoms with E-state index in [4.69, 9.17) is 0 Å². The molecule has 2 fully saturated rings. The maximum atomic E-state index is 13.4. The average molecular weight is 790 g/mol. The van der Waals surface area contributed by atoms with E-state index in [1.165, 1.54) is 0 Å². The van der Waals surface area contributed by atoms with Gasteiger partial charge in [0.1, 0.15) is 6.04 Å². The lowest BCUT2D eigenvalue weighted by Gasteiger charge is -2.27. The number of aryl methyl sites for hydroxylation is 1. The number of carbonyl (C=O) groups excluding carboxylic acids is 6. The molecule has 13 nitrogen and oxygen atoms in total. The van der Waals surface area contributed by atoms with Crippen molar-refractivity contribution in [2.24, 2.45) is 0 Å². The summed E-state index contributed by atoms with van der Waals surface area (Å²) in [6.45, 7) is 6.68. The fourth-order valence-electron chi connectivity index (χ4n) is 7.51. The highest BCUT2D eigenvalue weighted by Crippen LogP contribution is 2.33. The van der Waals surface area contributed by atoms with Crippen LogP contribution in [0.1, 0.15) is 98.6 Å². The van der Waals surface area contributed by atoms with Crippen LogP contribution >= 0.6 is 11.3 Å². The Balaban J connectivity index is 0.877. The number of anilines is 2. The van der Waals surface area contributed by atoms with Crippen LogP contribution in [-0.2, 0) is 20.9 Å². The van der Waals surface area contributed by atoms with Crippen LogP contribution < -0.4 is 31.9 Å². The fourth-order valence-corrected chi connectivity index (χ4v) is 8.46. The molecule has 1 unspecified atom stereocenters. The third kappa shape index (κ3) is 9.08. The highest BCUT2D eigenvalue weighted by molar-refractivity contribution is 7.15. The Hall–Kier alpha value is -5.86. The topological polar surface area (TPSA) is 178 Å². The van der Waals surface area contributed by atoms with Crippen molar-refractivity contribution >= 4 is 58.2 Å². The molecule has 4 aromatic rings. The molecule has 0 bridgehead atoms. The summed E-state index contributed by atoms with van der Waals surface area (Å²) >= 11 is 1.59. The van der Waals surface area contributed by atoms with E-state index in [1.807, 2.05) is 62.4 Å². The van der Waals surface area contributed by atoms with Crippen molar-refractivity contribution < 1.29 is 28.8 Å². The third-order valence-corrected chi connectivity index (χ3v) is 11.8. The summed E-state index contributed by atoms with van der Waals surface area (Å²) in [4.78, 5) is 79.6. The van der Waals surface area contributed by atoms with E-state index >= 15 is 0 Å². The molecule has 296 valence electrons. The molecule has 3 aliphatic heterocycles. The van der Waals surface area contributed by atoms with Crippen molar-refractivity contribution in [1.82, 2.24) is 26.2 Å². The van der Waals surface area contributed by atoms with Gasteiger partial charge in [-0.3, -0.25) is 39.0 Å². The lowest BCUT2D eigenvalue weighted by atomic mass is 10.0. The van der Waals surface area contributed by atoms with Crippen LogP contribution in [0.25, 0.3) is 10.4 Å². The van der Waals surface area contributed by atoms with Gasteiger partial charge in [-0.1, -0.05) is 30.3 Å². The second-order valence-electron chi connectivity index (χ2n) is 14.8. The molecular weight excluding hydrogens is 743 g/mol. The highest BCUT2D eigenvalue weighted by Gasteiger charge is 2.45. The molecular formula is C43H47N7O6S. The Bertz CT molecular complexity index is 2210. The zero-order chi connectivity index (χ0) is 40.1. The number of amides is 6. The molecule has 14 heteroatoms. The summed E-state index contributed by atoms with van der Waals surface area (Å²) in [7, 11) is 0. The van der Waals surface area contributed by atoms with Crippen LogP contribution in [0.2, 0.25) is 0 Å². The van der Waals surface area contributed by atoms with E-state index in [0.717, 1.165) is 63.0 Å². The first-order valence-corrected chi connectivity index (χ1v) is 20.3. The largest absolute Gasteiger partial charge is 0.384 e. The molecule has 0 aliphatic carbocycles. The standard InChI is InChI=1S/C43H47N7O6S/c1-25-11-12-30(48-29-17-20-44-21-18-29)23-33(25)40(53)47-26(2)27-6-3-7-28(22-27)36-15-13-31(57-36)24-46-37(51)10-5-19-45-34-9-4-8-32-39(34)43(56)50(42(32)55)35-14-16-38(52)49-41(35)54/h3-4,6-9,11-13,15,22-23,26,29,35,44-45,48H,5,10,14,16-21,24H2,1-2H3,(H,46,51)(H,47,53)(H,49,52,54)/t26-,35?/m1/s1. The SMILES string of the molecule is Cc1ccc(NC2CCNCC2)cc1C(=O)N[C@H](C)c1cccc(-c2ccc(CNC(=O)CCCNc3cccc4c3C(=O)N(C3CCC(=O)NC3=O)C4=O)s2)c1. The Morgan fingerprint density at radius 2 is 1.74 bits per heavy atom. The molecule has 6 N–H and O–H groups in total. The van der Waals surface area contributed by atoms with Crippen LogP contribution in [0.5, 0.6) is 0 Å². The van der Waals surface area contributed by atoms with Gasteiger partial charge in [0.15, 0.2) is 0 Å². The van der Waals surface area contributed by atoms with Crippen LogP contribution in [0.15, 0.2) is 72.8 Å². The molecule has 0 saturated carbocycles. The average Bonchev–Trinajstić information content (AvgIpc) is 3.79. The van der Waals surface area contributed by atoms with E-state index in [9.17, 15) is 28.8 Å². The molecule has 2 atom stereocenters. The lowest BCUT2D eigenvalue weighted by molar-refractivity contribution is -0.136. The fraction of sp³-hybridized carbons (Fsp3) is 0.349. The number of hydrogen-bond donors (Lipinski definition) is 6. The molecule has 0 radical (unpaired) electrons. The Kier molecular flexibility index (Phi) is 12.1. The molecule has 2 saturated heterocycles. The molecule has 3 aliphatic rings. The zero-order valence-electron chi connectivity index (χ0n) is 32.0. The smallest absolute Gasteiger partial charge is 0.264 e. The summed E-state index contributed by atoms with van der Waals surface area (Å²) in [6.07, 6.45) is 2.96. The number of benzene rings is 3. The zero-order valence-corrected chi connectivity index (χ0v) is 32.9. The minimum absolute atomic E-state index is 0.0494. The number of piperidine rings is 2. The number of nitrogens with one attached hydrogen (secondary N) is 6. The molecule has 0 spiro atoms. The minimum Gasteiger partial charge on any atom is -0.384 e. The van der Waals surface area contributed by atoms with Gasteiger partial charge < -0.3 is 26.6 Å². The van der Waals surface area contributed by atoms with Crippen LogP contribution in [0.4, 0.5) is 11.4 Å². The molecule has 7 rings (SSSR count). The number of hydrogen-bond acceptors (Lipinski definition) is 10. The first-order chi connectivity index (χ1) is 27.5.